The molecule has 21 heavy (non-hydrogen) atoms. The number of benzene rings is 1. The molecule has 1 aromatic heterocycles. The van der Waals surface area contributed by atoms with Crippen molar-refractivity contribution in [2.75, 3.05) is 6.54 Å². The van der Waals surface area contributed by atoms with E-state index in [1.54, 1.807) is 27.9 Å². The Kier molecular flexibility index (Phi) is 4.22. The van der Waals surface area contributed by atoms with E-state index in [2.05, 4.69) is 4.98 Å². The van der Waals surface area contributed by atoms with Gasteiger partial charge in [0.15, 0.2) is 0 Å². The number of hydrogen-bond donors (Lipinski definition) is 0. The van der Waals surface area contributed by atoms with Crippen LogP contribution in [0.4, 0.5) is 4.39 Å². The molecule has 2 heterocycles. The van der Waals surface area contributed by atoms with Crippen LogP contribution in [-0.4, -0.2) is 28.4 Å². The standard InChI is InChI=1S/C15H14ClFN2OS/c16-12-4-1-5-13(17)11(12)7-10-3-2-6-19(10)15(20)14-8-21-9-18-14/h1,4-5,8-10H,2-3,6-7H2/t10-/m0/s1. The third-order valence-electron chi connectivity index (χ3n) is 3.79. The zero-order valence-electron chi connectivity index (χ0n) is 11.3. The lowest BCUT2D eigenvalue weighted by molar-refractivity contribution is 0.0730. The normalized spacial score (nSPS) is 18.2. The fourth-order valence-corrected chi connectivity index (χ4v) is 3.51. The first-order valence-electron chi connectivity index (χ1n) is 6.79. The SMILES string of the molecule is O=C(c1cscn1)N1CCC[C@H]1Cc1c(F)cccc1Cl. The van der Waals surface area contributed by atoms with Crippen molar-refractivity contribution < 1.29 is 9.18 Å². The lowest BCUT2D eigenvalue weighted by atomic mass is 10.0. The predicted octanol–water partition coefficient (Wildman–Crippen LogP) is 3.78. The van der Waals surface area contributed by atoms with E-state index in [0.29, 0.717) is 29.2 Å². The molecular formula is C15H14ClFN2OS. The first-order chi connectivity index (χ1) is 10.2. The Morgan fingerprint density at radius 2 is 2.38 bits per heavy atom. The Hall–Kier alpha value is -1.46. The number of halogens is 2. The van der Waals surface area contributed by atoms with Crippen LogP contribution in [0.1, 0.15) is 28.9 Å². The van der Waals surface area contributed by atoms with E-state index in [0.717, 1.165) is 12.8 Å². The highest BCUT2D eigenvalue weighted by Crippen LogP contribution is 2.27. The van der Waals surface area contributed by atoms with Gasteiger partial charge < -0.3 is 4.90 Å². The van der Waals surface area contributed by atoms with E-state index in [1.165, 1.54) is 17.4 Å². The second-order valence-corrected chi connectivity index (χ2v) is 6.20. The van der Waals surface area contributed by atoms with Gasteiger partial charge in [0.05, 0.1) is 5.51 Å². The highest BCUT2D eigenvalue weighted by atomic mass is 35.5. The van der Waals surface area contributed by atoms with E-state index in [9.17, 15) is 9.18 Å². The number of thiazole rings is 1. The molecule has 1 atom stereocenters. The minimum absolute atomic E-state index is 0.0198. The van der Waals surface area contributed by atoms with E-state index < -0.39 is 0 Å². The molecule has 3 rings (SSSR count). The van der Waals surface area contributed by atoms with Crippen LogP contribution >= 0.6 is 22.9 Å². The molecule has 1 aliphatic rings. The Bertz CT molecular complexity index is 627. The van der Waals surface area contributed by atoms with Crippen molar-refractivity contribution in [3.05, 3.63) is 51.2 Å². The molecule has 1 aromatic carbocycles. The smallest absolute Gasteiger partial charge is 0.273 e. The first kappa shape index (κ1) is 14.5. The summed E-state index contributed by atoms with van der Waals surface area (Å²) >= 11 is 7.48. The molecule has 0 bridgehead atoms. The summed E-state index contributed by atoms with van der Waals surface area (Å²) in [6, 6.07) is 4.66. The van der Waals surface area contributed by atoms with Crippen molar-refractivity contribution in [2.24, 2.45) is 0 Å². The average Bonchev–Trinajstić information content (AvgIpc) is 3.13. The molecule has 0 spiro atoms. The van der Waals surface area contributed by atoms with Gasteiger partial charge >= 0.3 is 0 Å². The number of carbonyl (C=O) groups excluding carboxylic acids is 1. The number of hydrogen-bond acceptors (Lipinski definition) is 3. The summed E-state index contributed by atoms with van der Waals surface area (Å²) in [5.41, 5.74) is 2.60. The number of aromatic nitrogens is 1. The van der Waals surface area contributed by atoms with Crippen LogP contribution in [0, 0.1) is 5.82 Å². The number of amides is 1. The molecule has 6 heteroatoms. The highest BCUT2D eigenvalue weighted by molar-refractivity contribution is 7.07. The Morgan fingerprint density at radius 3 is 3.10 bits per heavy atom. The summed E-state index contributed by atoms with van der Waals surface area (Å²) in [6.07, 6.45) is 2.23. The molecular weight excluding hydrogens is 311 g/mol. The molecule has 0 N–H and O–H groups in total. The Labute approximate surface area is 131 Å². The number of carbonyl (C=O) groups is 1. The molecule has 1 amide bonds. The summed E-state index contributed by atoms with van der Waals surface area (Å²) in [5.74, 6) is -0.387. The summed E-state index contributed by atoms with van der Waals surface area (Å²) in [7, 11) is 0. The minimum Gasteiger partial charge on any atom is -0.334 e. The number of rotatable bonds is 3. The Balaban J connectivity index is 1.80. The van der Waals surface area contributed by atoms with Gasteiger partial charge in [-0.15, -0.1) is 11.3 Å². The lowest BCUT2D eigenvalue weighted by Gasteiger charge is -2.24. The third kappa shape index (κ3) is 2.94. The maximum atomic E-state index is 13.9. The molecule has 0 radical (unpaired) electrons. The van der Waals surface area contributed by atoms with Crippen LogP contribution in [-0.2, 0) is 6.42 Å². The van der Waals surface area contributed by atoms with Gasteiger partial charge in [-0.2, -0.15) is 0 Å². The second kappa shape index (κ2) is 6.12. The quantitative estimate of drug-likeness (QED) is 0.860. The zero-order chi connectivity index (χ0) is 14.8. The van der Waals surface area contributed by atoms with E-state index in [4.69, 9.17) is 11.6 Å². The van der Waals surface area contributed by atoms with Crippen LogP contribution in [0.25, 0.3) is 0 Å². The third-order valence-corrected chi connectivity index (χ3v) is 4.73. The zero-order valence-corrected chi connectivity index (χ0v) is 12.8. The summed E-state index contributed by atoms with van der Waals surface area (Å²) in [6.45, 7) is 0.688. The van der Waals surface area contributed by atoms with Crippen LogP contribution in [0.2, 0.25) is 5.02 Å². The maximum absolute atomic E-state index is 13.9. The molecule has 0 unspecified atom stereocenters. The molecule has 1 saturated heterocycles. The molecule has 110 valence electrons. The monoisotopic (exact) mass is 324 g/mol. The van der Waals surface area contributed by atoms with Crippen molar-refractivity contribution >= 4 is 28.8 Å². The molecule has 3 nitrogen and oxygen atoms in total. The van der Waals surface area contributed by atoms with Crippen molar-refractivity contribution in [1.82, 2.24) is 9.88 Å². The van der Waals surface area contributed by atoms with Gasteiger partial charge in [0, 0.05) is 28.6 Å². The van der Waals surface area contributed by atoms with Gasteiger partial charge in [-0.05, 0) is 31.4 Å². The molecule has 0 aliphatic carbocycles. The summed E-state index contributed by atoms with van der Waals surface area (Å²) < 4.78 is 13.9. The molecule has 1 aliphatic heterocycles. The van der Waals surface area contributed by atoms with Gasteiger partial charge in [0.25, 0.3) is 5.91 Å². The predicted molar refractivity (Wildman–Crippen MR) is 81.3 cm³/mol. The average molecular weight is 325 g/mol. The van der Waals surface area contributed by atoms with Gasteiger partial charge in [0.1, 0.15) is 11.5 Å². The van der Waals surface area contributed by atoms with Crippen molar-refractivity contribution in [3.63, 3.8) is 0 Å². The van der Waals surface area contributed by atoms with E-state index >= 15 is 0 Å². The first-order valence-corrected chi connectivity index (χ1v) is 8.11. The molecule has 2 aromatic rings. The van der Waals surface area contributed by atoms with Crippen LogP contribution in [0.15, 0.2) is 29.1 Å². The fraction of sp³-hybridized carbons (Fsp3) is 0.333. The second-order valence-electron chi connectivity index (χ2n) is 5.07. The lowest BCUT2D eigenvalue weighted by Crippen LogP contribution is -2.37. The van der Waals surface area contributed by atoms with Gasteiger partial charge in [-0.1, -0.05) is 17.7 Å². The van der Waals surface area contributed by atoms with Crippen molar-refractivity contribution in [3.8, 4) is 0 Å². The van der Waals surface area contributed by atoms with Gasteiger partial charge in [-0.25, -0.2) is 9.37 Å². The van der Waals surface area contributed by atoms with E-state index in [1.807, 2.05) is 0 Å². The number of nitrogens with zero attached hydrogens (tertiary/aromatic N) is 2. The Morgan fingerprint density at radius 1 is 1.52 bits per heavy atom. The molecule has 0 saturated carbocycles. The molecule has 1 fully saturated rings. The van der Waals surface area contributed by atoms with Crippen molar-refractivity contribution in [2.45, 2.75) is 25.3 Å². The van der Waals surface area contributed by atoms with Crippen LogP contribution < -0.4 is 0 Å². The minimum atomic E-state index is -0.310. The van der Waals surface area contributed by atoms with Gasteiger partial charge in [0.2, 0.25) is 0 Å². The summed E-state index contributed by atoms with van der Waals surface area (Å²) in [4.78, 5) is 18.3. The summed E-state index contributed by atoms with van der Waals surface area (Å²) in [5, 5.41) is 2.16. The van der Waals surface area contributed by atoms with Gasteiger partial charge in [-0.3, -0.25) is 4.79 Å². The maximum Gasteiger partial charge on any atom is 0.273 e. The van der Waals surface area contributed by atoms with Crippen LogP contribution in [0.5, 0.6) is 0 Å². The number of likely N-dealkylation sites (tertiary alicyclic amines) is 1. The largest absolute Gasteiger partial charge is 0.334 e. The van der Waals surface area contributed by atoms with E-state index in [-0.39, 0.29) is 17.8 Å². The topological polar surface area (TPSA) is 33.2 Å². The highest BCUT2D eigenvalue weighted by Gasteiger charge is 2.31. The van der Waals surface area contributed by atoms with Crippen molar-refractivity contribution in [1.29, 1.82) is 0 Å². The van der Waals surface area contributed by atoms with Crippen LogP contribution in [0.3, 0.4) is 0 Å². The fourth-order valence-electron chi connectivity index (χ4n) is 2.74.